The minimum absolute atomic E-state index is 0.0136. The molecule has 2 unspecified atom stereocenters. The number of aliphatic carboxylic acids is 1. The van der Waals surface area contributed by atoms with Crippen LogP contribution in [0.5, 0.6) is 0 Å². The molecule has 0 aromatic heterocycles. The molecule has 0 radical (unpaired) electrons. The molecule has 0 aromatic carbocycles. The quantitative estimate of drug-likeness (QED) is 0.595. The first kappa shape index (κ1) is 12.0. The lowest BCUT2D eigenvalue weighted by molar-refractivity contribution is -0.140. The van der Waals surface area contributed by atoms with Gasteiger partial charge in [0, 0.05) is 18.6 Å². The Kier molecular flexibility index (Phi) is 3.34. The van der Waals surface area contributed by atoms with E-state index in [1.807, 2.05) is 13.8 Å². The topological polar surface area (TPSA) is 86.6 Å². The van der Waals surface area contributed by atoms with Crippen LogP contribution in [0.1, 0.15) is 20.3 Å². The summed E-state index contributed by atoms with van der Waals surface area (Å²) in [5.74, 6) is -2.01. The highest BCUT2D eigenvalue weighted by atomic mass is 16.4. The largest absolute Gasteiger partial charge is 0.481 e. The fourth-order valence-electron chi connectivity index (χ4n) is 1.27. The fraction of sp³-hybridized carbons (Fsp3) is 0.800. The van der Waals surface area contributed by atoms with Crippen molar-refractivity contribution in [1.82, 2.24) is 5.32 Å². The number of carboxylic acids is 1. The summed E-state index contributed by atoms with van der Waals surface area (Å²) in [4.78, 5) is 21.9. The molecule has 1 aliphatic rings. The van der Waals surface area contributed by atoms with E-state index in [0.717, 1.165) is 0 Å². The summed E-state index contributed by atoms with van der Waals surface area (Å²) in [5, 5.41) is 20.2. The third kappa shape index (κ3) is 3.20. The maximum atomic E-state index is 11.4. The Morgan fingerprint density at radius 1 is 1.40 bits per heavy atom. The Balaban J connectivity index is 2.30. The van der Waals surface area contributed by atoms with Crippen molar-refractivity contribution in [1.29, 1.82) is 0 Å². The van der Waals surface area contributed by atoms with Gasteiger partial charge in [0.1, 0.15) is 0 Å². The zero-order valence-electron chi connectivity index (χ0n) is 8.99. The third-order valence-corrected chi connectivity index (χ3v) is 2.61. The molecular weight excluding hydrogens is 198 g/mol. The van der Waals surface area contributed by atoms with Crippen LogP contribution < -0.4 is 5.32 Å². The van der Waals surface area contributed by atoms with Gasteiger partial charge in [0.15, 0.2) is 0 Å². The Labute approximate surface area is 88.5 Å². The minimum atomic E-state index is -0.906. The summed E-state index contributed by atoms with van der Waals surface area (Å²) in [6, 6.07) is 0. The van der Waals surface area contributed by atoms with Crippen molar-refractivity contribution < 1.29 is 19.8 Å². The zero-order valence-corrected chi connectivity index (χ0v) is 8.99. The molecule has 1 aliphatic carbocycles. The number of aliphatic hydroxyl groups is 1. The van der Waals surface area contributed by atoms with Gasteiger partial charge in [-0.05, 0) is 6.42 Å². The molecule has 2 atom stereocenters. The van der Waals surface area contributed by atoms with Gasteiger partial charge >= 0.3 is 5.97 Å². The van der Waals surface area contributed by atoms with Gasteiger partial charge in [0.05, 0.1) is 11.8 Å². The van der Waals surface area contributed by atoms with Crippen LogP contribution in [0.2, 0.25) is 0 Å². The Morgan fingerprint density at radius 3 is 2.40 bits per heavy atom. The Bertz CT molecular complexity index is 275. The maximum Gasteiger partial charge on any atom is 0.307 e. The molecule has 0 aromatic rings. The van der Waals surface area contributed by atoms with Crippen molar-refractivity contribution in [3.8, 4) is 0 Å². The summed E-state index contributed by atoms with van der Waals surface area (Å²) in [5.41, 5.74) is -0.358. The van der Waals surface area contributed by atoms with Gasteiger partial charge in [-0.15, -0.1) is 0 Å². The molecule has 15 heavy (non-hydrogen) atoms. The molecule has 3 N–H and O–H groups in total. The second kappa shape index (κ2) is 4.18. The number of amides is 1. The normalized spacial score (nSPS) is 24.7. The van der Waals surface area contributed by atoms with Gasteiger partial charge in [-0.3, -0.25) is 9.59 Å². The monoisotopic (exact) mass is 215 g/mol. The summed E-state index contributed by atoms with van der Waals surface area (Å²) in [7, 11) is 0. The van der Waals surface area contributed by atoms with Crippen molar-refractivity contribution in [3.05, 3.63) is 0 Å². The van der Waals surface area contributed by atoms with Crippen LogP contribution in [0.4, 0.5) is 0 Å². The van der Waals surface area contributed by atoms with Crippen LogP contribution in [0.25, 0.3) is 0 Å². The molecule has 1 saturated carbocycles. The van der Waals surface area contributed by atoms with E-state index in [0.29, 0.717) is 13.0 Å². The molecule has 0 spiro atoms. The summed E-state index contributed by atoms with van der Waals surface area (Å²) >= 11 is 0. The van der Waals surface area contributed by atoms with Crippen molar-refractivity contribution in [2.24, 2.45) is 17.3 Å². The standard InChI is InChI=1S/C10H17NO4/c1-10(2,5-12)4-11-8(13)6-3-7(6)9(14)15/h6-7,12H,3-5H2,1-2H3,(H,11,13)(H,14,15). The van der Waals surface area contributed by atoms with E-state index in [1.165, 1.54) is 0 Å². The number of rotatable bonds is 5. The van der Waals surface area contributed by atoms with Crippen LogP contribution >= 0.6 is 0 Å². The van der Waals surface area contributed by atoms with Crippen LogP contribution in [-0.4, -0.2) is 35.2 Å². The highest BCUT2D eigenvalue weighted by Gasteiger charge is 2.48. The van der Waals surface area contributed by atoms with E-state index in [4.69, 9.17) is 10.2 Å². The highest BCUT2D eigenvalue weighted by Crippen LogP contribution is 2.38. The lowest BCUT2D eigenvalue weighted by Gasteiger charge is -2.21. The first-order valence-electron chi connectivity index (χ1n) is 4.99. The Hall–Kier alpha value is -1.10. The SMILES string of the molecule is CC(C)(CO)CNC(=O)C1CC1C(=O)O. The summed E-state index contributed by atoms with van der Waals surface area (Å²) in [6.45, 7) is 4.01. The average molecular weight is 215 g/mol. The molecule has 1 rings (SSSR count). The number of carbonyl (C=O) groups excluding carboxylic acids is 1. The fourth-order valence-corrected chi connectivity index (χ4v) is 1.27. The molecule has 0 aliphatic heterocycles. The van der Waals surface area contributed by atoms with Gasteiger partial charge in [-0.2, -0.15) is 0 Å². The van der Waals surface area contributed by atoms with Gasteiger partial charge < -0.3 is 15.5 Å². The number of aliphatic hydroxyl groups excluding tert-OH is 1. The first-order chi connectivity index (χ1) is 6.87. The highest BCUT2D eigenvalue weighted by molar-refractivity contribution is 5.89. The number of carboxylic acid groups (broad SMARTS) is 1. The van der Waals surface area contributed by atoms with E-state index in [-0.39, 0.29) is 23.8 Å². The predicted octanol–water partition coefficient (Wildman–Crippen LogP) is -0.158. The minimum Gasteiger partial charge on any atom is -0.481 e. The maximum absolute atomic E-state index is 11.4. The second-order valence-electron chi connectivity index (χ2n) is 4.83. The van der Waals surface area contributed by atoms with Crippen molar-refractivity contribution in [2.45, 2.75) is 20.3 Å². The summed E-state index contributed by atoms with van der Waals surface area (Å²) < 4.78 is 0. The van der Waals surface area contributed by atoms with Crippen molar-refractivity contribution >= 4 is 11.9 Å². The predicted molar refractivity (Wildman–Crippen MR) is 53.1 cm³/mol. The Morgan fingerprint density at radius 2 is 2.00 bits per heavy atom. The molecule has 0 bridgehead atoms. The zero-order chi connectivity index (χ0) is 11.6. The smallest absolute Gasteiger partial charge is 0.307 e. The summed E-state index contributed by atoms with van der Waals surface area (Å²) in [6.07, 6.45) is 0.431. The van der Waals surface area contributed by atoms with E-state index >= 15 is 0 Å². The number of carbonyl (C=O) groups is 2. The number of hydrogen-bond acceptors (Lipinski definition) is 3. The number of hydrogen-bond donors (Lipinski definition) is 3. The van der Waals surface area contributed by atoms with E-state index in [2.05, 4.69) is 5.32 Å². The van der Waals surface area contributed by atoms with Crippen molar-refractivity contribution in [2.75, 3.05) is 13.2 Å². The van der Waals surface area contributed by atoms with Gasteiger partial charge in [-0.1, -0.05) is 13.8 Å². The average Bonchev–Trinajstić information content (AvgIpc) is 2.94. The molecule has 5 nitrogen and oxygen atoms in total. The lowest BCUT2D eigenvalue weighted by Crippen LogP contribution is -2.37. The van der Waals surface area contributed by atoms with Crippen LogP contribution in [0.3, 0.4) is 0 Å². The van der Waals surface area contributed by atoms with E-state index in [1.54, 1.807) is 0 Å². The van der Waals surface area contributed by atoms with Crippen molar-refractivity contribution in [3.63, 3.8) is 0 Å². The molecule has 1 fully saturated rings. The van der Waals surface area contributed by atoms with E-state index < -0.39 is 11.9 Å². The van der Waals surface area contributed by atoms with Crippen LogP contribution in [-0.2, 0) is 9.59 Å². The molecule has 1 amide bonds. The van der Waals surface area contributed by atoms with E-state index in [9.17, 15) is 9.59 Å². The molecule has 5 heteroatoms. The van der Waals surface area contributed by atoms with Gasteiger partial charge in [-0.25, -0.2) is 0 Å². The van der Waals surface area contributed by atoms with Crippen LogP contribution in [0.15, 0.2) is 0 Å². The first-order valence-corrected chi connectivity index (χ1v) is 4.99. The van der Waals surface area contributed by atoms with Crippen LogP contribution in [0, 0.1) is 17.3 Å². The number of nitrogens with one attached hydrogen (secondary N) is 1. The van der Waals surface area contributed by atoms with Gasteiger partial charge in [0.2, 0.25) is 5.91 Å². The molecule has 0 heterocycles. The lowest BCUT2D eigenvalue weighted by atomic mass is 9.95. The molecular formula is C10H17NO4. The third-order valence-electron chi connectivity index (χ3n) is 2.61. The molecule has 0 saturated heterocycles. The van der Waals surface area contributed by atoms with Gasteiger partial charge in [0.25, 0.3) is 0 Å². The molecule has 86 valence electrons. The second-order valence-corrected chi connectivity index (χ2v) is 4.83.